The molecule has 0 amide bonds. The van der Waals surface area contributed by atoms with E-state index in [9.17, 15) is 22.8 Å². The number of H-pyrrole nitrogens is 2. The number of benzene rings is 1. The number of carbonyl (C=O) groups is 1. The number of hydrogen-bond donors (Lipinski definition) is 3. The fraction of sp³-hybridized carbons (Fsp3) is 0.182. The maximum Gasteiger partial charge on any atom is 0.490 e. The number of rotatable bonds is 4. The predicted octanol–water partition coefficient (Wildman–Crippen LogP) is 4.52. The minimum absolute atomic E-state index is 0.0842. The second-order valence-corrected chi connectivity index (χ2v) is 8.56. The lowest BCUT2D eigenvalue weighted by molar-refractivity contribution is -0.192. The Kier molecular flexibility index (Phi) is 8.13. The summed E-state index contributed by atoms with van der Waals surface area (Å²) >= 11 is 12.7. The number of carboxylic acid groups (broad SMARTS) is 1. The number of aliphatic carboxylic acids is 1. The average Bonchev–Trinajstić information content (AvgIpc) is 3.25. The van der Waals surface area contributed by atoms with Gasteiger partial charge in [-0.2, -0.15) is 23.1 Å². The normalized spacial score (nSPS) is 11.1. The first-order valence-corrected chi connectivity index (χ1v) is 11.1. The molecule has 0 radical (unpaired) electrons. The summed E-state index contributed by atoms with van der Waals surface area (Å²) < 4.78 is 38.4. The van der Waals surface area contributed by atoms with Crippen LogP contribution in [-0.4, -0.2) is 42.0 Å². The number of pyridine rings is 1. The number of nitrogens with zero attached hydrogens (tertiary/aromatic N) is 4. The maximum atomic E-state index is 12.1. The van der Waals surface area contributed by atoms with Crippen molar-refractivity contribution in [1.82, 2.24) is 24.7 Å². The highest BCUT2D eigenvalue weighted by Gasteiger charge is 2.38. The van der Waals surface area contributed by atoms with Crippen molar-refractivity contribution in [1.29, 1.82) is 5.26 Å². The molecule has 4 aromatic rings. The zero-order valence-corrected chi connectivity index (χ0v) is 20.7. The number of nitrogens with one attached hydrogen (secondary N) is 2. The molecule has 0 atom stereocenters. The van der Waals surface area contributed by atoms with Gasteiger partial charge >= 0.3 is 17.8 Å². The minimum atomic E-state index is -5.08. The lowest BCUT2D eigenvalue weighted by Crippen LogP contribution is -2.33. The summed E-state index contributed by atoms with van der Waals surface area (Å²) in [7, 11) is 0. The summed E-state index contributed by atoms with van der Waals surface area (Å²) in [5.41, 5.74) is -0.0566. The highest BCUT2D eigenvalue weighted by molar-refractivity contribution is 6.37. The number of nitriles is 1. The van der Waals surface area contributed by atoms with Crippen LogP contribution in [0.2, 0.25) is 10.0 Å². The molecule has 1 aromatic carbocycles. The Hall–Kier alpha value is -4.35. The SMILES string of the molecule is CC(C)c1c[nH]c2cnc(Oc3c(Cl)cc(-n4nc(C#N)c(=O)[nH]c4=O)cc3Cl)cc12.O=C(O)C(F)(F)F. The van der Waals surface area contributed by atoms with Crippen LogP contribution in [0.15, 0.2) is 40.2 Å². The van der Waals surface area contributed by atoms with E-state index in [1.807, 2.05) is 11.2 Å². The van der Waals surface area contributed by atoms with Crippen molar-refractivity contribution < 1.29 is 27.8 Å². The van der Waals surface area contributed by atoms with Crippen molar-refractivity contribution in [2.24, 2.45) is 0 Å². The van der Waals surface area contributed by atoms with Gasteiger partial charge in [-0.3, -0.25) is 9.78 Å². The monoisotopic (exact) mass is 570 g/mol. The fourth-order valence-electron chi connectivity index (χ4n) is 3.08. The zero-order valence-electron chi connectivity index (χ0n) is 19.2. The van der Waals surface area contributed by atoms with Crippen LogP contribution in [-0.2, 0) is 4.79 Å². The molecule has 0 aliphatic carbocycles. The van der Waals surface area contributed by atoms with Gasteiger partial charge in [-0.15, -0.1) is 5.10 Å². The molecule has 0 aliphatic heterocycles. The molecule has 16 heteroatoms. The second kappa shape index (κ2) is 11.0. The van der Waals surface area contributed by atoms with Crippen LogP contribution < -0.4 is 16.0 Å². The molecule has 3 N–H and O–H groups in total. The van der Waals surface area contributed by atoms with Crippen molar-refractivity contribution in [2.45, 2.75) is 25.9 Å². The number of aromatic amines is 2. The predicted molar refractivity (Wildman–Crippen MR) is 129 cm³/mol. The topological polar surface area (TPSA) is 167 Å². The Morgan fingerprint density at radius 2 is 1.82 bits per heavy atom. The van der Waals surface area contributed by atoms with E-state index in [-0.39, 0.29) is 27.4 Å². The molecule has 0 unspecified atom stereocenters. The van der Waals surface area contributed by atoms with Crippen LogP contribution in [0.5, 0.6) is 11.6 Å². The van der Waals surface area contributed by atoms with Crippen molar-refractivity contribution >= 4 is 40.1 Å². The van der Waals surface area contributed by atoms with Gasteiger partial charge in [-0.25, -0.2) is 14.6 Å². The van der Waals surface area contributed by atoms with E-state index in [0.29, 0.717) is 5.92 Å². The molecule has 198 valence electrons. The number of halogens is 5. The Morgan fingerprint density at radius 3 is 2.34 bits per heavy atom. The highest BCUT2D eigenvalue weighted by atomic mass is 35.5. The average molecular weight is 571 g/mol. The molecular weight excluding hydrogens is 556 g/mol. The third-order valence-electron chi connectivity index (χ3n) is 4.81. The molecule has 38 heavy (non-hydrogen) atoms. The van der Waals surface area contributed by atoms with Crippen molar-refractivity contribution in [2.75, 3.05) is 0 Å². The van der Waals surface area contributed by atoms with E-state index >= 15 is 0 Å². The van der Waals surface area contributed by atoms with Gasteiger partial charge in [0.25, 0.3) is 5.56 Å². The second-order valence-electron chi connectivity index (χ2n) is 7.74. The van der Waals surface area contributed by atoms with Crippen molar-refractivity contribution in [3.63, 3.8) is 0 Å². The Labute approximate surface area is 220 Å². The molecule has 0 saturated heterocycles. The molecule has 0 saturated carbocycles. The largest absolute Gasteiger partial charge is 0.490 e. The Morgan fingerprint density at radius 1 is 1.21 bits per heavy atom. The van der Waals surface area contributed by atoms with Gasteiger partial charge in [-0.05, 0) is 23.6 Å². The summed E-state index contributed by atoms with van der Waals surface area (Å²) in [6, 6.07) is 6.16. The third-order valence-corrected chi connectivity index (χ3v) is 5.37. The van der Waals surface area contributed by atoms with Crippen LogP contribution in [0, 0.1) is 11.3 Å². The third kappa shape index (κ3) is 6.13. The maximum absolute atomic E-state index is 12.1. The van der Waals surface area contributed by atoms with Crippen molar-refractivity contribution in [3.8, 4) is 23.4 Å². The standard InChI is InChI=1S/C20H14Cl2N6O3.C2HF3O2/c1-9(2)12-7-24-16-8-25-17(5-11(12)16)31-18-13(21)3-10(4-14(18)22)28-20(30)26-19(29)15(6-23)27-28;3-2(4,5)1(6)7/h3-5,7-9,24H,1-2H3,(H,26,29,30);(H,6,7). The van der Waals surface area contributed by atoms with Crippen LogP contribution in [0.4, 0.5) is 13.2 Å². The number of carboxylic acids is 1. The van der Waals surface area contributed by atoms with Gasteiger partial charge < -0.3 is 14.8 Å². The minimum Gasteiger partial charge on any atom is -0.475 e. The van der Waals surface area contributed by atoms with Gasteiger partial charge in [0.05, 0.1) is 27.4 Å². The Bertz CT molecular complexity index is 1670. The lowest BCUT2D eigenvalue weighted by Gasteiger charge is -2.12. The summed E-state index contributed by atoms with van der Waals surface area (Å²) in [5, 5.41) is 21.0. The summed E-state index contributed by atoms with van der Waals surface area (Å²) in [6.07, 6.45) is -1.50. The number of hydrogen-bond acceptors (Lipinski definition) is 7. The van der Waals surface area contributed by atoms with Crippen LogP contribution in [0.1, 0.15) is 31.0 Å². The van der Waals surface area contributed by atoms with Gasteiger partial charge in [0.1, 0.15) is 6.07 Å². The molecule has 0 aliphatic rings. The number of alkyl halides is 3. The summed E-state index contributed by atoms with van der Waals surface area (Å²) in [4.78, 5) is 42.0. The molecule has 0 fully saturated rings. The molecular formula is C22H15Cl2F3N6O5. The molecule has 4 rings (SSSR count). The van der Waals surface area contributed by atoms with Crippen LogP contribution in [0.25, 0.3) is 16.6 Å². The smallest absolute Gasteiger partial charge is 0.475 e. The van der Waals surface area contributed by atoms with Crippen LogP contribution >= 0.6 is 23.2 Å². The van der Waals surface area contributed by atoms with E-state index < -0.39 is 29.1 Å². The number of aromatic nitrogens is 5. The van der Waals surface area contributed by atoms with Gasteiger partial charge in [0.15, 0.2) is 5.75 Å². The molecule has 3 heterocycles. The first kappa shape index (κ1) is 28.2. The lowest BCUT2D eigenvalue weighted by atomic mass is 10.0. The van der Waals surface area contributed by atoms with Crippen molar-refractivity contribution in [3.05, 3.63) is 72.7 Å². The summed E-state index contributed by atoms with van der Waals surface area (Å²) in [6.45, 7) is 4.17. The number of ether oxygens (including phenoxy) is 1. The highest BCUT2D eigenvalue weighted by Crippen LogP contribution is 2.38. The van der Waals surface area contributed by atoms with Gasteiger partial charge in [0.2, 0.25) is 11.6 Å². The number of fused-ring (bicyclic) bond motifs is 1. The first-order valence-electron chi connectivity index (χ1n) is 10.3. The van der Waals surface area contributed by atoms with E-state index in [0.717, 1.165) is 21.1 Å². The van der Waals surface area contributed by atoms with E-state index in [1.54, 1.807) is 18.3 Å². The molecule has 11 nitrogen and oxygen atoms in total. The summed E-state index contributed by atoms with van der Waals surface area (Å²) in [5.74, 6) is -2.03. The van der Waals surface area contributed by atoms with Crippen LogP contribution in [0.3, 0.4) is 0 Å². The molecule has 0 bridgehead atoms. The first-order chi connectivity index (χ1) is 17.7. The molecule has 3 aromatic heterocycles. The molecule has 0 spiro atoms. The van der Waals surface area contributed by atoms with Gasteiger partial charge in [0, 0.05) is 17.6 Å². The van der Waals surface area contributed by atoms with E-state index in [2.05, 4.69) is 28.9 Å². The Balaban J connectivity index is 0.000000505. The van der Waals surface area contributed by atoms with E-state index in [1.165, 1.54) is 12.1 Å². The quantitative estimate of drug-likeness (QED) is 0.321. The van der Waals surface area contributed by atoms with Gasteiger partial charge in [-0.1, -0.05) is 37.0 Å². The fourth-order valence-corrected chi connectivity index (χ4v) is 3.63. The van der Waals surface area contributed by atoms with E-state index in [4.69, 9.17) is 43.1 Å². The zero-order chi connectivity index (χ0) is 28.4.